The average Bonchev–Trinajstić information content (AvgIpc) is 2.99. The van der Waals surface area contributed by atoms with E-state index in [-0.39, 0.29) is 17.6 Å². The van der Waals surface area contributed by atoms with Gasteiger partial charge in [0, 0.05) is 0 Å². The van der Waals surface area contributed by atoms with Crippen LogP contribution in [0.15, 0.2) is 54.6 Å². The van der Waals surface area contributed by atoms with E-state index < -0.39 is 12.1 Å². The number of carbonyl (C=O) groups excluding carboxylic acids is 1. The molecule has 23 heavy (non-hydrogen) atoms. The highest BCUT2D eigenvalue weighted by molar-refractivity contribution is 5.80. The quantitative estimate of drug-likeness (QED) is 0.911. The van der Waals surface area contributed by atoms with Crippen LogP contribution >= 0.6 is 0 Å². The first-order chi connectivity index (χ1) is 11.1. The van der Waals surface area contributed by atoms with E-state index >= 15 is 0 Å². The fraction of sp³-hybridized carbons (Fsp3) is 0.316. The number of halogens is 1. The van der Waals surface area contributed by atoms with Gasteiger partial charge < -0.3 is 10.4 Å². The number of benzene rings is 2. The van der Waals surface area contributed by atoms with Crippen LogP contribution in [0.2, 0.25) is 0 Å². The molecular weight excluding hydrogens is 293 g/mol. The van der Waals surface area contributed by atoms with Crippen molar-refractivity contribution in [1.82, 2.24) is 5.32 Å². The van der Waals surface area contributed by atoms with E-state index in [0.717, 1.165) is 12.0 Å². The monoisotopic (exact) mass is 313 g/mol. The lowest BCUT2D eigenvalue weighted by Crippen LogP contribution is -2.37. The van der Waals surface area contributed by atoms with Crippen LogP contribution in [0.5, 0.6) is 0 Å². The van der Waals surface area contributed by atoms with Gasteiger partial charge in [-0.15, -0.1) is 0 Å². The molecule has 3 unspecified atom stereocenters. The van der Waals surface area contributed by atoms with Gasteiger partial charge in [0.05, 0.1) is 18.1 Å². The van der Waals surface area contributed by atoms with E-state index in [1.165, 1.54) is 12.1 Å². The molecule has 1 aliphatic rings. The Bertz CT molecular complexity index is 674. The molecule has 3 rings (SSSR count). The zero-order valence-electron chi connectivity index (χ0n) is 12.8. The average molecular weight is 313 g/mol. The van der Waals surface area contributed by atoms with Gasteiger partial charge in [-0.25, -0.2) is 4.39 Å². The van der Waals surface area contributed by atoms with Gasteiger partial charge in [0.25, 0.3) is 0 Å². The third kappa shape index (κ3) is 3.59. The van der Waals surface area contributed by atoms with E-state index in [0.29, 0.717) is 18.4 Å². The van der Waals surface area contributed by atoms with Crippen LogP contribution < -0.4 is 5.32 Å². The topological polar surface area (TPSA) is 49.3 Å². The van der Waals surface area contributed by atoms with Crippen LogP contribution in [-0.2, 0) is 4.79 Å². The standard InChI is InChI=1S/C19H20FNO2/c20-15-9-4-8-14(12-15)18(13-6-2-1-3-7-13)21-19(23)16-10-5-11-17(16)22/h1-4,6-9,12,16-18,22H,5,10-11H2,(H,21,23). The Hall–Kier alpha value is -2.20. The van der Waals surface area contributed by atoms with Crippen molar-refractivity contribution in [1.29, 1.82) is 0 Å². The number of aliphatic hydroxyl groups is 1. The SMILES string of the molecule is O=C(NC(c1ccccc1)c1cccc(F)c1)C1CCCC1O. The molecule has 1 aliphatic carbocycles. The van der Waals surface area contributed by atoms with E-state index in [9.17, 15) is 14.3 Å². The molecule has 0 aliphatic heterocycles. The first kappa shape index (κ1) is 15.7. The van der Waals surface area contributed by atoms with Gasteiger partial charge in [0.15, 0.2) is 0 Å². The van der Waals surface area contributed by atoms with E-state index in [1.807, 2.05) is 30.3 Å². The second kappa shape index (κ2) is 6.92. The number of hydrogen-bond donors (Lipinski definition) is 2. The van der Waals surface area contributed by atoms with Crippen LogP contribution in [0.25, 0.3) is 0 Å². The maximum absolute atomic E-state index is 13.6. The van der Waals surface area contributed by atoms with Crippen molar-refractivity contribution in [2.45, 2.75) is 31.4 Å². The highest BCUT2D eigenvalue weighted by atomic mass is 19.1. The molecule has 120 valence electrons. The minimum atomic E-state index is -0.584. The number of amides is 1. The number of aliphatic hydroxyl groups excluding tert-OH is 1. The van der Waals surface area contributed by atoms with Crippen molar-refractivity contribution in [2.24, 2.45) is 5.92 Å². The largest absolute Gasteiger partial charge is 0.392 e. The van der Waals surface area contributed by atoms with Gasteiger partial charge in [-0.05, 0) is 42.5 Å². The molecule has 0 saturated heterocycles. The predicted molar refractivity (Wildman–Crippen MR) is 86.2 cm³/mol. The maximum Gasteiger partial charge on any atom is 0.226 e. The summed E-state index contributed by atoms with van der Waals surface area (Å²) in [7, 11) is 0. The summed E-state index contributed by atoms with van der Waals surface area (Å²) in [5.74, 6) is -0.888. The smallest absolute Gasteiger partial charge is 0.226 e. The fourth-order valence-electron chi connectivity index (χ4n) is 3.19. The summed E-state index contributed by atoms with van der Waals surface area (Å²) in [6.45, 7) is 0. The molecule has 3 nitrogen and oxygen atoms in total. The highest BCUT2D eigenvalue weighted by Gasteiger charge is 2.32. The summed E-state index contributed by atoms with van der Waals surface area (Å²) in [6, 6.07) is 15.3. The van der Waals surface area contributed by atoms with Crippen LogP contribution in [0.4, 0.5) is 4.39 Å². The van der Waals surface area contributed by atoms with Gasteiger partial charge in [0.2, 0.25) is 5.91 Å². The molecule has 2 aromatic rings. The third-order valence-corrected chi connectivity index (χ3v) is 4.42. The summed E-state index contributed by atoms with van der Waals surface area (Å²) in [5.41, 5.74) is 1.58. The fourth-order valence-corrected chi connectivity index (χ4v) is 3.19. The molecule has 1 saturated carbocycles. The molecule has 0 radical (unpaired) electrons. The number of rotatable bonds is 4. The first-order valence-corrected chi connectivity index (χ1v) is 7.94. The second-order valence-corrected chi connectivity index (χ2v) is 6.01. The first-order valence-electron chi connectivity index (χ1n) is 7.94. The molecular formula is C19H20FNO2. The van der Waals surface area contributed by atoms with Crippen molar-refractivity contribution in [3.63, 3.8) is 0 Å². The lowest BCUT2D eigenvalue weighted by atomic mass is 9.96. The van der Waals surface area contributed by atoms with Gasteiger partial charge in [-0.2, -0.15) is 0 Å². The molecule has 2 aromatic carbocycles. The molecule has 0 heterocycles. The lowest BCUT2D eigenvalue weighted by molar-refractivity contribution is -0.128. The Labute approximate surface area is 135 Å². The molecule has 1 fully saturated rings. The predicted octanol–water partition coefficient (Wildman–Crippen LogP) is 3.19. The number of hydrogen-bond acceptors (Lipinski definition) is 2. The Balaban J connectivity index is 1.88. The molecule has 1 amide bonds. The number of carbonyl (C=O) groups is 1. The molecule has 3 atom stereocenters. The van der Waals surface area contributed by atoms with Crippen LogP contribution in [0.1, 0.15) is 36.4 Å². The normalized spacial score (nSPS) is 21.8. The van der Waals surface area contributed by atoms with Gasteiger partial charge in [-0.3, -0.25) is 4.79 Å². The van der Waals surface area contributed by atoms with Crippen molar-refractivity contribution in [2.75, 3.05) is 0 Å². The van der Waals surface area contributed by atoms with Crippen LogP contribution in [0, 0.1) is 11.7 Å². The van der Waals surface area contributed by atoms with E-state index in [4.69, 9.17) is 0 Å². The Kier molecular flexibility index (Phi) is 4.72. The summed E-state index contributed by atoms with van der Waals surface area (Å²) in [5, 5.41) is 12.9. The third-order valence-electron chi connectivity index (χ3n) is 4.42. The van der Waals surface area contributed by atoms with Gasteiger partial charge in [0.1, 0.15) is 5.82 Å². The molecule has 0 spiro atoms. The highest BCUT2D eigenvalue weighted by Crippen LogP contribution is 2.28. The Morgan fingerprint density at radius 2 is 1.83 bits per heavy atom. The van der Waals surface area contributed by atoms with Crippen LogP contribution in [0.3, 0.4) is 0 Å². The Morgan fingerprint density at radius 1 is 1.09 bits per heavy atom. The minimum absolute atomic E-state index is 0.173. The van der Waals surface area contributed by atoms with Gasteiger partial charge in [-0.1, -0.05) is 42.5 Å². The summed E-state index contributed by atoms with van der Waals surface area (Å²) < 4.78 is 13.6. The van der Waals surface area contributed by atoms with Crippen LogP contribution in [-0.4, -0.2) is 17.1 Å². The molecule has 4 heteroatoms. The Morgan fingerprint density at radius 3 is 2.48 bits per heavy atom. The van der Waals surface area contributed by atoms with Crippen molar-refractivity contribution in [3.8, 4) is 0 Å². The number of nitrogens with one attached hydrogen (secondary N) is 1. The van der Waals surface area contributed by atoms with E-state index in [2.05, 4.69) is 5.32 Å². The zero-order valence-corrected chi connectivity index (χ0v) is 12.8. The summed E-state index contributed by atoms with van der Waals surface area (Å²) in [4.78, 5) is 12.5. The second-order valence-electron chi connectivity index (χ2n) is 6.01. The summed E-state index contributed by atoms with van der Waals surface area (Å²) in [6.07, 6.45) is 1.62. The van der Waals surface area contributed by atoms with Crippen molar-refractivity contribution >= 4 is 5.91 Å². The molecule has 0 aromatic heterocycles. The minimum Gasteiger partial charge on any atom is -0.392 e. The van der Waals surface area contributed by atoms with Gasteiger partial charge >= 0.3 is 0 Å². The molecule has 0 bridgehead atoms. The summed E-state index contributed by atoms with van der Waals surface area (Å²) >= 11 is 0. The lowest BCUT2D eigenvalue weighted by Gasteiger charge is -2.23. The zero-order chi connectivity index (χ0) is 16.2. The maximum atomic E-state index is 13.6. The van der Waals surface area contributed by atoms with Crippen molar-refractivity contribution in [3.05, 3.63) is 71.5 Å². The van der Waals surface area contributed by atoms with E-state index in [1.54, 1.807) is 12.1 Å². The van der Waals surface area contributed by atoms with Crippen molar-refractivity contribution < 1.29 is 14.3 Å². The molecule has 2 N–H and O–H groups in total.